The summed E-state index contributed by atoms with van der Waals surface area (Å²) in [7, 11) is 0. The van der Waals surface area contributed by atoms with E-state index in [1.165, 1.54) is 4.90 Å². The third-order valence-corrected chi connectivity index (χ3v) is 5.22. The van der Waals surface area contributed by atoms with Gasteiger partial charge in [0, 0.05) is 23.6 Å². The fourth-order valence-electron chi connectivity index (χ4n) is 3.07. The summed E-state index contributed by atoms with van der Waals surface area (Å²) in [6, 6.07) is 15.1. The van der Waals surface area contributed by atoms with E-state index < -0.39 is 0 Å². The summed E-state index contributed by atoms with van der Waals surface area (Å²) in [6.07, 6.45) is 2.00. The smallest absolute Gasteiger partial charge is 0.289 e. The molecule has 1 N–H and O–H groups in total. The number of fused-ring (bicyclic) bond motifs is 1. The third-order valence-electron chi connectivity index (χ3n) is 4.36. The molecule has 1 aromatic heterocycles. The van der Waals surface area contributed by atoms with Gasteiger partial charge in [0.15, 0.2) is 0 Å². The first-order chi connectivity index (χ1) is 12.1. The molecule has 5 nitrogen and oxygen atoms in total. The molecule has 6 heteroatoms. The third kappa shape index (κ3) is 3.00. The van der Waals surface area contributed by atoms with Crippen LogP contribution >= 0.6 is 11.8 Å². The van der Waals surface area contributed by atoms with Crippen LogP contribution in [0.25, 0.3) is 10.9 Å². The molecule has 4 rings (SSSR count). The number of amides is 2. The molecule has 0 spiro atoms. The first kappa shape index (κ1) is 15.8. The Kier molecular flexibility index (Phi) is 3.97. The lowest BCUT2D eigenvalue weighted by molar-refractivity contribution is -0.124. The van der Waals surface area contributed by atoms with Gasteiger partial charge in [-0.05, 0) is 35.4 Å². The van der Waals surface area contributed by atoms with E-state index >= 15 is 0 Å². The first-order valence-electron chi connectivity index (χ1n) is 7.93. The molecular formula is C19H16N2O3S. The molecule has 1 saturated heterocycles. The first-order valence-corrected chi connectivity index (χ1v) is 8.92. The van der Waals surface area contributed by atoms with Crippen molar-refractivity contribution in [3.05, 3.63) is 65.9 Å². The highest BCUT2D eigenvalue weighted by Gasteiger charge is 2.30. The van der Waals surface area contributed by atoms with Crippen molar-refractivity contribution in [3.8, 4) is 5.75 Å². The zero-order chi connectivity index (χ0) is 17.4. The maximum absolute atomic E-state index is 11.9. The average molecular weight is 352 g/mol. The van der Waals surface area contributed by atoms with Crippen molar-refractivity contribution in [2.75, 3.05) is 5.75 Å². The summed E-state index contributed by atoms with van der Waals surface area (Å²) in [5, 5.41) is 10.3. The molecule has 0 bridgehead atoms. The molecule has 2 amide bonds. The van der Waals surface area contributed by atoms with Gasteiger partial charge in [-0.2, -0.15) is 0 Å². The number of thioether (sulfide) groups is 1. The van der Waals surface area contributed by atoms with Crippen LogP contribution in [-0.2, 0) is 17.9 Å². The highest BCUT2D eigenvalue weighted by molar-refractivity contribution is 8.14. The van der Waals surface area contributed by atoms with E-state index in [4.69, 9.17) is 0 Å². The zero-order valence-corrected chi connectivity index (χ0v) is 14.2. The van der Waals surface area contributed by atoms with Crippen molar-refractivity contribution in [1.82, 2.24) is 9.47 Å². The summed E-state index contributed by atoms with van der Waals surface area (Å²) >= 11 is 1.06. The number of carbonyl (C=O) groups is 2. The quantitative estimate of drug-likeness (QED) is 0.779. The second-order valence-corrected chi connectivity index (χ2v) is 6.92. The van der Waals surface area contributed by atoms with Crippen molar-refractivity contribution in [1.29, 1.82) is 0 Å². The lowest BCUT2D eigenvalue weighted by Gasteiger charge is -2.14. The van der Waals surface area contributed by atoms with E-state index in [0.717, 1.165) is 33.8 Å². The molecule has 1 fully saturated rings. The van der Waals surface area contributed by atoms with Crippen LogP contribution in [0, 0.1) is 0 Å². The molecular weight excluding hydrogens is 336 g/mol. The number of aromatic hydroxyl groups is 1. The monoisotopic (exact) mass is 352 g/mol. The molecule has 0 aliphatic carbocycles. The minimum Gasteiger partial charge on any atom is -0.508 e. The molecule has 1 aliphatic heterocycles. The summed E-state index contributed by atoms with van der Waals surface area (Å²) in [6.45, 7) is 0.996. The Labute approximate surface area is 148 Å². The van der Waals surface area contributed by atoms with Gasteiger partial charge >= 0.3 is 0 Å². The Morgan fingerprint density at radius 3 is 2.52 bits per heavy atom. The van der Waals surface area contributed by atoms with Gasteiger partial charge in [-0.3, -0.25) is 14.5 Å². The van der Waals surface area contributed by atoms with E-state index in [9.17, 15) is 14.7 Å². The molecule has 0 unspecified atom stereocenters. The van der Waals surface area contributed by atoms with E-state index in [1.807, 2.05) is 42.6 Å². The maximum atomic E-state index is 11.9. The Morgan fingerprint density at radius 1 is 1.00 bits per heavy atom. The summed E-state index contributed by atoms with van der Waals surface area (Å²) in [5.41, 5.74) is 3.10. The van der Waals surface area contributed by atoms with Crippen LogP contribution in [0.5, 0.6) is 5.75 Å². The Hall–Kier alpha value is -2.73. The largest absolute Gasteiger partial charge is 0.508 e. The fourth-order valence-corrected chi connectivity index (χ4v) is 3.79. The SMILES string of the molecule is O=C1CSC(=O)N1Cc1cccc2c1ccn2Cc1ccc(O)cc1. The van der Waals surface area contributed by atoms with Crippen molar-refractivity contribution >= 4 is 33.8 Å². The average Bonchev–Trinajstić information content (AvgIpc) is 3.16. The van der Waals surface area contributed by atoms with Gasteiger partial charge in [-0.25, -0.2) is 0 Å². The van der Waals surface area contributed by atoms with E-state index in [-0.39, 0.29) is 22.6 Å². The fraction of sp³-hybridized carbons (Fsp3) is 0.158. The molecule has 1 aliphatic rings. The lowest BCUT2D eigenvalue weighted by Crippen LogP contribution is -2.27. The molecule has 3 aromatic rings. The van der Waals surface area contributed by atoms with Crippen LogP contribution < -0.4 is 0 Å². The number of aromatic nitrogens is 1. The van der Waals surface area contributed by atoms with Gasteiger partial charge in [0.2, 0.25) is 5.91 Å². The normalized spacial score (nSPS) is 14.6. The molecule has 2 aromatic carbocycles. The van der Waals surface area contributed by atoms with Crippen LogP contribution in [-0.4, -0.2) is 31.5 Å². The van der Waals surface area contributed by atoms with Gasteiger partial charge in [0.05, 0.1) is 12.3 Å². The maximum Gasteiger partial charge on any atom is 0.289 e. The topological polar surface area (TPSA) is 62.5 Å². The number of hydrogen-bond acceptors (Lipinski definition) is 4. The second kappa shape index (κ2) is 6.29. The van der Waals surface area contributed by atoms with E-state index in [0.29, 0.717) is 13.1 Å². The van der Waals surface area contributed by atoms with E-state index in [1.54, 1.807) is 12.1 Å². The standard InChI is InChI=1S/C19H16N2O3S/c22-15-6-4-13(5-7-15)10-20-9-8-16-14(2-1-3-17(16)20)11-21-18(23)12-25-19(21)24/h1-9,22H,10-12H2. The highest BCUT2D eigenvalue weighted by atomic mass is 32.2. The van der Waals surface area contributed by atoms with Crippen molar-refractivity contribution in [3.63, 3.8) is 0 Å². The van der Waals surface area contributed by atoms with Gasteiger partial charge in [0.1, 0.15) is 5.75 Å². The summed E-state index contributed by atoms with van der Waals surface area (Å²) in [5.74, 6) is 0.355. The van der Waals surface area contributed by atoms with E-state index in [2.05, 4.69) is 4.57 Å². The summed E-state index contributed by atoms with van der Waals surface area (Å²) < 4.78 is 2.12. The predicted octanol–water partition coefficient (Wildman–Crippen LogP) is 3.59. The molecule has 2 heterocycles. The van der Waals surface area contributed by atoms with Crippen molar-refractivity contribution in [2.24, 2.45) is 0 Å². The minimum absolute atomic E-state index is 0.129. The van der Waals surface area contributed by atoms with Gasteiger partial charge < -0.3 is 9.67 Å². The Morgan fingerprint density at radius 2 is 1.80 bits per heavy atom. The molecule has 0 saturated carbocycles. The number of phenolic OH excluding ortho intramolecular Hbond substituents is 1. The summed E-state index contributed by atoms with van der Waals surface area (Å²) in [4.78, 5) is 25.0. The second-order valence-electron chi connectivity index (χ2n) is 5.99. The number of carbonyl (C=O) groups excluding carboxylic acids is 2. The predicted molar refractivity (Wildman–Crippen MR) is 97.6 cm³/mol. The molecule has 126 valence electrons. The minimum atomic E-state index is -0.175. The number of rotatable bonds is 4. The lowest BCUT2D eigenvalue weighted by atomic mass is 10.1. The number of nitrogens with zero attached hydrogens (tertiary/aromatic N) is 2. The van der Waals surface area contributed by atoms with Crippen molar-refractivity contribution in [2.45, 2.75) is 13.1 Å². The zero-order valence-electron chi connectivity index (χ0n) is 13.4. The number of benzene rings is 2. The Balaban J connectivity index is 1.64. The van der Waals surface area contributed by atoms with Crippen LogP contribution in [0.3, 0.4) is 0 Å². The number of phenols is 1. The van der Waals surface area contributed by atoms with Gasteiger partial charge in [0.25, 0.3) is 5.24 Å². The number of imide groups is 1. The van der Waals surface area contributed by atoms with Crippen LogP contribution in [0.4, 0.5) is 4.79 Å². The van der Waals surface area contributed by atoms with Crippen LogP contribution in [0.15, 0.2) is 54.7 Å². The highest BCUT2D eigenvalue weighted by Crippen LogP contribution is 2.26. The molecule has 0 radical (unpaired) electrons. The number of hydrogen-bond donors (Lipinski definition) is 1. The van der Waals surface area contributed by atoms with Crippen LogP contribution in [0.2, 0.25) is 0 Å². The van der Waals surface area contributed by atoms with Gasteiger partial charge in [-0.1, -0.05) is 36.0 Å². The van der Waals surface area contributed by atoms with Gasteiger partial charge in [-0.15, -0.1) is 0 Å². The van der Waals surface area contributed by atoms with Crippen LogP contribution in [0.1, 0.15) is 11.1 Å². The molecule has 25 heavy (non-hydrogen) atoms. The van der Waals surface area contributed by atoms with Crippen molar-refractivity contribution < 1.29 is 14.7 Å². The molecule has 0 atom stereocenters. The Bertz CT molecular complexity index is 946.